The average molecular weight is 249 g/mol. The minimum Gasteiger partial charge on any atom is -0.373 e. The molecule has 0 aliphatic rings. The summed E-state index contributed by atoms with van der Waals surface area (Å²) in [5, 5.41) is 9.40. The number of rotatable bonds is 3. The Bertz CT molecular complexity index is 535. The number of nitrogens with zero attached hydrogens (tertiary/aromatic N) is 4. The molecule has 0 aromatic carbocycles. The summed E-state index contributed by atoms with van der Waals surface area (Å²) in [6.45, 7) is 3.99. The summed E-state index contributed by atoms with van der Waals surface area (Å²) in [5.74, 6) is 0.862. The van der Waals surface area contributed by atoms with E-state index < -0.39 is 0 Å². The first kappa shape index (κ1) is 11.9. The highest BCUT2D eigenvalue weighted by molar-refractivity contribution is 7.99. The Morgan fingerprint density at radius 2 is 2.06 bits per heavy atom. The lowest BCUT2D eigenvalue weighted by atomic mass is 10.3. The van der Waals surface area contributed by atoms with Crippen LogP contribution < -0.4 is 5.32 Å². The van der Waals surface area contributed by atoms with E-state index in [0.717, 1.165) is 27.1 Å². The predicted molar refractivity (Wildman–Crippen MR) is 68.4 cm³/mol. The topological polar surface area (TPSA) is 55.6 Å². The smallest absolute Gasteiger partial charge is 0.133 e. The number of hydrogen-bond donors (Lipinski definition) is 1. The van der Waals surface area contributed by atoms with Crippen LogP contribution in [0.15, 0.2) is 22.4 Å². The lowest BCUT2D eigenvalue weighted by molar-refractivity contribution is 0.692. The van der Waals surface area contributed by atoms with Crippen LogP contribution in [0, 0.1) is 13.8 Å². The molecule has 2 aromatic heterocycles. The number of aromatic nitrogens is 4. The van der Waals surface area contributed by atoms with Crippen molar-refractivity contribution in [3.8, 4) is 0 Å². The standard InChI is InChI=1S/C11H15N5S/c1-7-5-9(16(4)15-7)17-11-8(2)10(12-3)13-6-14-11/h5-6H,1-4H3,(H,12,13,14). The molecule has 90 valence electrons. The molecule has 0 bridgehead atoms. The zero-order valence-electron chi connectivity index (χ0n) is 10.4. The maximum absolute atomic E-state index is 4.32. The molecule has 0 aliphatic carbocycles. The molecule has 0 atom stereocenters. The average Bonchev–Trinajstić information content (AvgIpc) is 2.60. The summed E-state index contributed by atoms with van der Waals surface area (Å²) >= 11 is 1.60. The molecule has 2 aromatic rings. The number of hydrogen-bond acceptors (Lipinski definition) is 5. The first-order valence-corrected chi connectivity index (χ1v) is 6.11. The molecule has 0 amide bonds. The second kappa shape index (κ2) is 4.75. The van der Waals surface area contributed by atoms with Gasteiger partial charge in [0.1, 0.15) is 22.2 Å². The van der Waals surface area contributed by atoms with E-state index in [0.29, 0.717) is 0 Å². The summed E-state index contributed by atoms with van der Waals surface area (Å²) in [7, 11) is 3.79. The Kier molecular flexibility index (Phi) is 3.33. The van der Waals surface area contributed by atoms with Crippen molar-refractivity contribution >= 4 is 17.6 Å². The van der Waals surface area contributed by atoms with Gasteiger partial charge in [0.15, 0.2) is 0 Å². The molecule has 5 nitrogen and oxygen atoms in total. The highest BCUT2D eigenvalue weighted by Gasteiger charge is 2.10. The summed E-state index contributed by atoms with van der Waals surface area (Å²) in [4.78, 5) is 8.47. The normalized spacial score (nSPS) is 10.6. The van der Waals surface area contributed by atoms with E-state index >= 15 is 0 Å². The predicted octanol–water partition coefficient (Wildman–Crippen LogP) is 2.02. The minimum atomic E-state index is 0.862. The van der Waals surface area contributed by atoms with E-state index in [1.54, 1.807) is 18.1 Å². The van der Waals surface area contributed by atoms with Crippen LogP contribution in [0.5, 0.6) is 0 Å². The van der Waals surface area contributed by atoms with E-state index in [9.17, 15) is 0 Å². The molecule has 2 rings (SSSR count). The molecule has 0 aliphatic heterocycles. The molecule has 0 fully saturated rings. The highest BCUT2D eigenvalue weighted by atomic mass is 32.2. The first-order valence-electron chi connectivity index (χ1n) is 5.29. The van der Waals surface area contributed by atoms with Crippen LogP contribution in [0.3, 0.4) is 0 Å². The Hall–Kier alpha value is -1.56. The maximum Gasteiger partial charge on any atom is 0.133 e. The molecule has 6 heteroatoms. The summed E-state index contributed by atoms with van der Waals surface area (Å²) in [6.07, 6.45) is 1.57. The lowest BCUT2D eigenvalue weighted by Crippen LogP contribution is -1.99. The fourth-order valence-electron chi connectivity index (χ4n) is 1.57. The van der Waals surface area contributed by atoms with E-state index in [-0.39, 0.29) is 0 Å². The van der Waals surface area contributed by atoms with Crippen LogP contribution in [-0.4, -0.2) is 26.8 Å². The van der Waals surface area contributed by atoms with E-state index in [1.165, 1.54) is 0 Å². The number of nitrogens with one attached hydrogen (secondary N) is 1. The van der Waals surface area contributed by atoms with Crippen LogP contribution in [0.4, 0.5) is 5.82 Å². The molecule has 0 saturated carbocycles. The van der Waals surface area contributed by atoms with Gasteiger partial charge in [-0.15, -0.1) is 0 Å². The molecule has 2 heterocycles. The van der Waals surface area contributed by atoms with E-state index in [4.69, 9.17) is 0 Å². The van der Waals surface area contributed by atoms with Gasteiger partial charge < -0.3 is 5.32 Å². The van der Waals surface area contributed by atoms with Crippen molar-refractivity contribution in [1.82, 2.24) is 19.7 Å². The second-order valence-corrected chi connectivity index (χ2v) is 4.76. The van der Waals surface area contributed by atoms with Crippen LogP contribution in [0.1, 0.15) is 11.3 Å². The highest BCUT2D eigenvalue weighted by Crippen LogP contribution is 2.30. The van der Waals surface area contributed by atoms with E-state index in [1.807, 2.05) is 38.7 Å². The van der Waals surface area contributed by atoms with Gasteiger partial charge in [0, 0.05) is 19.7 Å². The zero-order chi connectivity index (χ0) is 12.4. The second-order valence-electron chi connectivity index (χ2n) is 3.75. The molecule has 0 spiro atoms. The van der Waals surface area contributed by atoms with Gasteiger partial charge in [0.2, 0.25) is 0 Å². The van der Waals surface area contributed by atoms with Crippen molar-refractivity contribution in [2.45, 2.75) is 23.9 Å². The first-order chi connectivity index (χ1) is 8.11. The maximum atomic E-state index is 4.32. The van der Waals surface area contributed by atoms with Gasteiger partial charge in [-0.2, -0.15) is 5.10 Å². The van der Waals surface area contributed by atoms with Gasteiger partial charge >= 0.3 is 0 Å². The number of anilines is 1. The van der Waals surface area contributed by atoms with Crippen molar-refractivity contribution in [2.75, 3.05) is 12.4 Å². The largest absolute Gasteiger partial charge is 0.373 e. The number of aryl methyl sites for hydroxylation is 2. The van der Waals surface area contributed by atoms with Crippen LogP contribution in [0.25, 0.3) is 0 Å². The van der Waals surface area contributed by atoms with Gasteiger partial charge in [-0.1, -0.05) is 0 Å². The Morgan fingerprint density at radius 3 is 2.65 bits per heavy atom. The van der Waals surface area contributed by atoms with Crippen molar-refractivity contribution in [1.29, 1.82) is 0 Å². The van der Waals surface area contributed by atoms with Gasteiger partial charge in [0.25, 0.3) is 0 Å². The molecule has 0 unspecified atom stereocenters. The van der Waals surface area contributed by atoms with Crippen LogP contribution >= 0.6 is 11.8 Å². The molecular weight excluding hydrogens is 234 g/mol. The quantitative estimate of drug-likeness (QED) is 0.843. The third kappa shape index (κ3) is 2.41. The van der Waals surface area contributed by atoms with Gasteiger partial charge in [0.05, 0.1) is 5.69 Å². The third-order valence-corrected chi connectivity index (χ3v) is 3.63. The Morgan fingerprint density at radius 1 is 1.29 bits per heavy atom. The van der Waals surface area contributed by atoms with Crippen molar-refractivity contribution < 1.29 is 0 Å². The van der Waals surface area contributed by atoms with E-state index in [2.05, 4.69) is 20.4 Å². The third-order valence-electron chi connectivity index (χ3n) is 2.43. The zero-order valence-corrected chi connectivity index (χ0v) is 11.2. The molecular formula is C11H15N5S. The summed E-state index contributed by atoms with van der Waals surface area (Å²) in [5.41, 5.74) is 2.06. The van der Waals surface area contributed by atoms with Gasteiger partial charge in [-0.3, -0.25) is 4.68 Å². The van der Waals surface area contributed by atoms with Crippen molar-refractivity contribution in [2.24, 2.45) is 7.05 Å². The monoisotopic (exact) mass is 249 g/mol. The Labute approximate surface area is 105 Å². The van der Waals surface area contributed by atoms with Crippen LogP contribution in [0.2, 0.25) is 0 Å². The van der Waals surface area contributed by atoms with Crippen molar-refractivity contribution in [3.05, 3.63) is 23.7 Å². The molecule has 17 heavy (non-hydrogen) atoms. The summed E-state index contributed by atoms with van der Waals surface area (Å²) < 4.78 is 1.86. The lowest BCUT2D eigenvalue weighted by Gasteiger charge is -2.07. The van der Waals surface area contributed by atoms with Crippen molar-refractivity contribution in [3.63, 3.8) is 0 Å². The van der Waals surface area contributed by atoms with Gasteiger partial charge in [-0.25, -0.2) is 9.97 Å². The molecule has 1 N–H and O–H groups in total. The minimum absolute atomic E-state index is 0.862. The Balaban J connectivity index is 2.33. The fourth-order valence-corrected chi connectivity index (χ4v) is 2.52. The summed E-state index contributed by atoms with van der Waals surface area (Å²) in [6, 6.07) is 2.05. The molecule has 0 radical (unpaired) electrons. The fraction of sp³-hybridized carbons (Fsp3) is 0.364. The molecule has 0 saturated heterocycles. The van der Waals surface area contributed by atoms with Crippen LogP contribution in [-0.2, 0) is 7.05 Å². The van der Waals surface area contributed by atoms with Gasteiger partial charge in [-0.05, 0) is 31.7 Å². The SMILES string of the molecule is CNc1ncnc(Sc2cc(C)nn2C)c1C.